The molecule has 0 aliphatic rings. The third-order valence-electron chi connectivity index (χ3n) is 2.97. The van der Waals surface area contributed by atoms with E-state index in [1.165, 1.54) is 6.07 Å². The van der Waals surface area contributed by atoms with Crippen LogP contribution in [0.3, 0.4) is 0 Å². The van der Waals surface area contributed by atoms with Gasteiger partial charge >= 0.3 is 0 Å². The van der Waals surface area contributed by atoms with Crippen molar-refractivity contribution >= 4 is 27.1 Å². The van der Waals surface area contributed by atoms with Crippen LogP contribution in [0, 0.1) is 0 Å². The first-order chi connectivity index (χ1) is 9.43. The Kier molecular flexibility index (Phi) is 3.96. The number of benzene rings is 2. The van der Waals surface area contributed by atoms with Gasteiger partial charge in [-0.05, 0) is 37.3 Å². The normalized spacial score (nSPS) is 11.3. The lowest BCUT2D eigenvalue weighted by atomic mass is 10.2. The molecular weight excluding hydrogens is 274 g/mol. The van der Waals surface area contributed by atoms with E-state index in [0.717, 1.165) is 5.69 Å². The van der Waals surface area contributed by atoms with Gasteiger partial charge in [-0.25, -0.2) is 13.6 Å². The highest BCUT2D eigenvalue weighted by atomic mass is 32.2. The summed E-state index contributed by atoms with van der Waals surface area (Å²) in [5, 5.41) is 5.29. The van der Waals surface area contributed by atoms with Crippen LogP contribution in [-0.2, 0) is 10.0 Å². The Morgan fingerprint density at radius 2 is 1.75 bits per heavy atom. The molecule has 0 radical (unpaired) electrons. The lowest BCUT2D eigenvalue weighted by molar-refractivity contribution is 0.598. The average Bonchev–Trinajstić information content (AvgIpc) is 2.41. The van der Waals surface area contributed by atoms with E-state index in [0.29, 0.717) is 17.9 Å². The highest BCUT2D eigenvalue weighted by Crippen LogP contribution is 2.31. The van der Waals surface area contributed by atoms with Crippen molar-refractivity contribution in [2.75, 3.05) is 17.2 Å². The molecule has 6 heteroatoms. The number of hydrogen-bond acceptors (Lipinski definition) is 4. The first-order valence-electron chi connectivity index (χ1n) is 6.18. The SMILES string of the molecule is CCN(c1ccccc1)c1ccc(N)cc1S(N)(=O)=O. The lowest BCUT2D eigenvalue weighted by Gasteiger charge is -2.25. The maximum Gasteiger partial charge on any atom is 0.240 e. The van der Waals surface area contributed by atoms with Crippen molar-refractivity contribution in [3.05, 3.63) is 48.5 Å². The Morgan fingerprint density at radius 1 is 1.10 bits per heavy atom. The van der Waals surface area contributed by atoms with Crippen molar-refractivity contribution in [1.82, 2.24) is 0 Å². The van der Waals surface area contributed by atoms with E-state index in [1.807, 2.05) is 42.2 Å². The van der Waals surface area contributed by atoms with Gasteiger partial charge < -0.3 is 10.6 Å². The molecule has 2 aromatic carbocycles. The molecule has 2 rings (SSSR count). The van der Waals surface area contributed by atoms with Crippen LogP contribution in [0.25, 0.3) is 0 Å². The van der Waals surface area contributed by atoms with Crippen LogP contribution < -0.4 is 15.8 Å². The molecule has 2 aromatic rings. The number of rotatable bonds is 4. The van der Waals surface area contributed by atoms with Crippen LogP contribution in [0.15, 0.2) is 53.4 Å². The summed E-state index contributed by atoms with van der Waals surface area (Å²) in [7, 11) is -3.84. The van der Waals surface area contributed by atoms with Gasteiger partial charge in [0.1, 0.15) is 4.90 Å². The third-order valence-corrected chi connectivity index (χ3v) is 3.91. The number of hydrogen-bond donors (Lipinski definition) is 2. The molecular formula is C14H17N3O2S. The number of anilines is 3. The molecule has 0 unspecified atom stereocenters. The Bertz CT molecular complexity index is 700. The molecule has 0 fully saturated rings. The molecule has 20 heavy (non-hydrogen) atoms. The number of primary sulfonamides is 1. The zero-order valence-corrected chi connectivity index (χ0v) is 12.0. The van der Waals surface area contributed by atoms with Gasteiger partial charge in [0.05, 0.1) is 5.69 Å². The second-order valence-corrected chi connectivity index (χ2v) is 5.88. The molecule has 0 atom stereocenters. The summed E-state index contributed by atoms with van der Waals surface area (Å²) in [6.45, 7) is 2.55. The highest BCUT2D eigenvalue weighted by Gasteiger charge is 2.19. The minimum Gasteiger partial charge on any atom is -0.399 e. The van der Waals surface area contributed by atoms with Crippen molar-refractivity contribution in [3.63, 3.8) is 0 Å². The smallest absolute Gasteiger partial charge is 0.240 e. The molecule has 0 bridgehead atoms. The van der Waals surface area contributed by atoms with E-state index >= 15 is 0 Å². The zero-order chi connectivity index (χ0) is 14.8. The zero-order valence-electron chi connectivity index (χ0n) is 11.2. The van der Waals surface area contributed by atoms with Gasteiger partial charge in [-0.3, -0.25) is 0 Å². The van der Waals surface area contributed by atoms with Gasteiger partial charge in [0.2, 0.25) is 10.0 Å². The summed E-state index contributed by atoms with van der Waals surface area (Å²) in [5.41, 5.74) is 7.45. The Morgan fingerprint density at radius 3 is 2.30 bits per heavy atom. The summed E-state index contributed by atoms with van der Waals surface area (Å²) >= 11 is 0. The molecule has 0 aromatic heterocycles. The van der Waals surface area contributed by atoms with E-state index < -0.39 is 10.0 Å². The molecule has 0 amide bonds. The second-order valence-electron chi connectivity index (χ2n) is 4.35. The van der Waals surface area contributed by atoms with Gasteiger partial charge in [0, 0.05) is 17.9 Å². The summed E-state index contributed by atoms with van der Waals surface area (Å²) in [6.07, 6.45) is 0. The van der Waals surface area contributed by atoms with Crippen LogP contribution >= 0.6 is 0 Å². The van der Waals surface area contributed by atoms with E-state index in [2.05, 4.69) is 0 Å². The third kappa shape index (κ3) is 2.92. The molecule has 0 saturated carbocycles. The van der Waals surface area contributed by atoms with Crippen LogP contribution in [0.2, 0.25) is 0 Å². The fourth-order valence-corrected chi connectivity index (χ4v) is 2.85. The Hall–Kier alpha value is -2.05. The monoisotopic (exact) mass is 291 g/mol. The Balaban J connectivity index is 2.62. The molecule has 5 nitrogen and oxygen atoms in total. The Labute approximate surface area is 118 Å². The van der Waals surface area contributed by atoms with E-state index in [4.69, 9.17) is 10.9 Å². The average molecular weight is 291 g/mol. The van der Waals surface area contributed by atoms with Crippen molar-refractivity contribution in [2.45, 2.75) is 11.8 Å². The molecule has 0 aliphatic heterocycles. The number of nitrogen functional groups attached to an aromatic ring is 1. The van der Waals surface area contributed by atoms with Gasteiger partial charge in [-0.15, -0.1) is 0 Å². The van der Waals surface area contributed by atoms with Crippen LogP contribution in [0.5, 0.6) is 0 Å². The van der Waals surface area contributed by atoms with Crippen molar-refractivity contribution in [1.29, 1.82) is 0 Å². The maximum absolute atomic E-state index is 11.8. The topological polar surface area (TPSA) is 89.4 Å². The molecule has 0 spiro atoms. The van der Waals surface area contributed by atoms with Crippen molar-refractivity contribution < 1.29 is 8.42 Å². The minimum absolute atomic E-state index is 0.0307. The number of nitrogens with two attached hydrogens (primary N) is 2. The minimum atomic E-state index is -3.84. The fraction of sp³-hybridized carbons (Fsp3) is 0.143. The maximum atomic E-state index is 11.8. The van der Waals surface area contributed by atoms with Crippen LogP contribution in [0.4, 0.5) is 17.1 Å². The highest BCUT2D eigenvalue weighted by molar-refractivity contribution is 7.89. The molecule has 4 N–H and O–H groups in total. The van der Waals surface area contributed by atoms with Crippen molar-refractivity contribution in [2.24, 2.45) is 5.14 Å². The molecule has 0 aliphatic carbocycles. The van der Waals surface area contributed by atoms with E-state index in [1.54, 1.807) is 12.1 Å². The van der Waals surface area contributed by atoms with Gasteiger partial charge in [-0.1, -0.05) is 18.2 Å². The number of sulfonamides is 1. The predicted octanol–water partition coefficient (Wildman–Crippen LogP) is 2.07. The van der Waals surface area contributed by atoms with E-state index in [9.17, 15) is 8.42 Å². The summed E-state index contributed by atoms with van der Waals surface area (Å²) < 4.78 is 23.5. The fourth-order valence-electron chi connectivity index (χ4n) is 2.08. The van der Waals surface area contributed by atoms with Crippen LogP contribution in [0.1, 0.15) is 6.92 Å². The van der Waals surface area contributed by atoms with Gasteiger partial charge in [0.15, 0.2) is 0 Å². The van der Waals surface area contributed by atoms with Crippen molar-refractivity contribution in [3.8, 4) is 0 Å². The lowest BCUT2D eigenvalue weighted by Crippen LogP contribution is -2.22. The summed E-state index contributed by atoms with van der Waals surface area (Å²) in [6, 6.07) is 14.2. The standard InChI is InChI=1S/C14H17N3O2S/c1-2-17(12-6-4-3-5-7-12)13-9-8-11(15)10-14(13)20(16,18)19/h3-10H,2,15H2,1H3,(H2,16,18,19). The second kappa shape index (κ2) is 5.52. The molecule has 0 saturated heterocycles. The first-order valence-corrected chi connectivity index (χ1v) is 7.73. The predicted molar refractivity (Wildman–Crippen MR) is 81.3 cm³/mol. The quantitative estimate of drug-likeness (QED) is 0.844. The van der Waals surface area contributed by atoms with E-state index in [-0.39, 0.29) is 4.90 Å². The van der Waals surface area contributed by atoms with Gasteiger partial charge in [-0.2, -0.15) is 0 Å². The van der Waals surface area contributed by atoms with Gasteiger partial charge in [0.25, 0.3) is 0 Å². The van der Waals surface area contributed by atoms with Crippen LogP contribution in [-0.4, -0.2) is 15.0 Å². The summed E-state index contributed by atoms with van der Waals surface area (Å²) in [4.78, 5) is 1.90. The molecule has 106 valence electrons. The number of para-hydroxylation sites is 1. The molecule has 0 heterocycles. The first kappa shape index (κ1) is 14.4. The summed E-state index contributed by atoms with van der Waals surface area (Å²) in [5.74, 6) is 0. The largest absolute Gasteiger partial charge is 0.399 e. The number of nitrogens with zero attached hydrogens (tertiary/aromatic N) is 1.